The topological polar surface area (TPSA) is 96.5 Å². The van der Waals surface area contributed by atoms with Crippen molar-refractivity contribution in [3.8, 4) is 0 Å². The van der Waals surface area contributed by atoms with Gasteiger partial charge in [-0.1, -0.05) is 34.1 Å². The summed E-state index contributed by atoms with van der Waals surface area (Å²) >= 11 is 3.42. The van der Waals surface area contributed by atoms with E-state index >= 15 is 0 Å². The fourth-order valence-corrected chi connectivity index (χ4v) is 3.11. The highest BCUT2D eigenvalue weighted by Crippen LogP contribution is 2.17. The standard InChI is InChI=1S/C23H28BrN3O4/c1-23(2,3)31-22(30)25-13-12-21(29)27-19-9-5-8-18(15-19)26-20(28)11-10-16-6-4-7-17(24)14-16/h4-9,14-15H,10-13H2,1-3H3,(H,25,30)(H,26,28)(H,27,29). The summed E-state index contributed by atoms with van der Waals surface area (Å²) < 4.78 is 6.10. The van der Waals surface area contributed by atoms with E-state index in [1.54, 1.807) is 45.0 Å². The van der Waals surface area contributed by atoms with Gasteiger partial charge >= 0.3 is 6.09 Å². The van der Waals surface area contributed by atoms with Crippen LogP contribution in [0.3, 0.4) is 0 Å². The summed E-state index contributed by atoms with van der Waals surface area (Å²) in [5.41, 5.74) is 1.65. The van der Waals surface area contributed by atoms with E-state index in [1.807, 2.05) is 24.3 Å². The Hall–Kier alpha value is -2.87. The van der Waals surface area contributed by atoms with E-state index < -0.39 is 11.7 Å². The van der Waals surface area contributed by atoms with Crippen LogP contribution in [0.15, 0.2) is 53.0 Å². The fourth-order valence-electron chi connectivity index (χ4n) is 2.66. The molecule has 2 rings (SSSR count). The lowest BCUT2D eigenvalue weighted by Crippen LogP contribution is -2.34. The van der Waals surface area contributed by atoms with Crippen LogP contribution in [0.5, 0.6) is 0 Å². The van der Waals surface area contributed by atoms with Crippen molar-refractivity contribution in [2.24, 2.45) is 0 Å². The molecule has 2 aromatic carbocycles. The molecule has 166 valence electrons. The number of aryl methyl sites for hydroxylation is 1. The smallest absolute Gasteiger partial charge is 0.407 e. The first-order valence-electron chi connectivity index (χ1n) is 10.0. The Bertz CT molecular complexity index is 925. The summed E-state index contributed by atoms with van der Waals surface area (Å²) in [6.07, 6.45) is 0.519. The van der Waals surface area contributed by atoms with Gasteiger partial charge in [-0.3, -0.25) is 9.59 Å². The van der Waals surface area contributed by atoms with Gasteiger partial charge in [-0.15, -0.1) is 0 Å². The molecule has 0 saturated carbocycles. The van der Waals surface area contributed by atoms with E-state index in [0.717, 1.165) is 10.0 Å². The van der Waals surface area contributed by atoms with Gasteiger partial charge in [-0.2, -0.15) is 0 Å². The average Bonchev–Trinajstić information content (AvgIpc) is 2.65. The Morgan fingerprint density at radius 3 is 2.13 bits per heavy atom. The molecule has 0 saturated heterocycles. The van der Waals surface area contributed by atoms with Crippen LogP contribution < -0.4 is 16.0 Å². The largest absolute Gasteiger partial charge is 0.444 e. The predicted octanol–water partition coefficient (Wildman–Crippen LogP) is 4.87. The third kappa shape index (κ3) is 10.1. The van der Waals surface area contributed by atoms with Crippen LogP contribution >= 0.6 is 15.9 Å². The molecule has 0 aliphatic carbocycles. The van der Waals surface area contributed by atoms with E-state index in [2.05, 4.69) is 31.9 Å². The predicted molar refractivity (Wildman–Crippen MR) is 125 cm³/mol. The van der Waals surface area contributed by atoms with Gasteiger partial charge in [0.2, 0.25) is 11.8 Å². The quantitative estimate of drug-likeness (QED) is 0.492. The molecule has 8 heteroatoms. The van der Waals surface area contributed by atoms with Crippen LogP contribution in [-0.4, -0.2) is 30.1 Å². The number of halogens is 1. The number of alkyl carbamates (subject to hydrolysis) is 1. The maximum absolute atomic E-state index is 12.2. The number of rotatable bonds is 8. The molecule has 7 nitrogen and oxygen atoms in total. The molecular formula is C23H28BrN3O4. The van der Waals surface area contributed by atoms with Crippen LogP contribution in [0.25, 0.3) is 0 Å². The van der Waals surface area contributed by atoms with E-state index in [9.17, 15) is 14.4 Å². The highest BCUT2D eigenvalue weighted by molar-refractivity contribution is 9.10. The molecule has 0 atom stereocenters. The van der Waals surface area contributed by atoms with Crippen LogP contribution in [0.2, 0.25) is 0 Å². The molecule has 0 radical (unpaired) electrons. The second-order valence-corrected chi connectivity index (χ2v) is 8.90. The molecule has 0 heterocycles. The third-order valence-corrected chi connectivity index (χ3v) is 4.47. The first-order valence-corrected chi connectivity index (χ1v) is 10.8. The zero-order chi connectivity index (χ0) is 22.9. The van der Waals surface area contributed by atoms with Crippen molar-refractivity contribution in [3.63, 3.8) is 0 Å². The van der Waals surface area contributed by atoms with Crippen LogP contribution in [0.1, 0.15) is 39.2 Å². The highest BCUT2D eigenvalue weighted by Gasteiger charge is 2.16. The summed E-state index contributed by atoms with van der Waals surface area (Å²) in [6.45, 7) is 5.47. The molecule has 0 spiro atoms. The number of amides is 3. The number of benzene rings is 2. The summed E-state index contributed by atoms with van der Waals surface area (Å²) in [5, 5.41) is 8.14. The first kappa shape index (κ1) is 24.4. The number of hydrogen-bond acceptors (Lipinski definition) is 4. The van der Waals surface area contributed by atoms with Gasteiger partial charge in [0, 0.05) is 35.2 Å². The minimum Gasteiger partial charge on any atom is -0.444 e. The molecule has 31 heavy (non-hydrogen) atoms. The minimum atomic E-state index is -0.588. The summed E-state index contributed by atoms with van der Waals surface area (Å²) in [7, 11) is 0. The van der Waals surface area contributed by atoms with Crippen molar-refractivity contribution >= 4 is 45.2 Å². The molecule has 0 fully saturated rings. The highest BCUT2D eigenvalue weighted by atomic mass is 79.9. The summed E-state index contributed by atoms with van der Waals surface area (Å²) in [4.78, 5) is 35.9. The summed E-state index contributed by atoms with van der Waals surface area (Å²) in [6, 6.07) is 14.8. The SMILES string of the molecule is CC(C)(C)OC(=O)NCCC(=O)Nc1cccc(NC(=O)CCc2cccc(Br)c2)c1. The molecule has 3 amide bonds. The van der Waals surface area contributed by atoms with Gasteiger partial charge < -0.3 is 20.7 Å². The number of ether oxygens (including phenoxy) is 1. The van der Waals surface area contributed by atoms with Crippen molar-refractivity contribution in [3.05, 3.63) is 58.6 Å². The molecule has 0 aromatic heterocycles. The molecule has 0 bridgehead atoms. The number of carbonyl (C=O) groups is 3. The molecule has 0 aliphatic rings. The zero-order valence-corrected chi connectivity index (χ0v) is 19.5. The number of carbonyl (C=O) groups excluding carboxylic acids is 3. The monoisotopic (exact) mass is 489 g/mol. The van der Waals surface area contributed by atoms with Crippen LogP contribution in [0.4, 0.5) is 16.2 Å². The zero-order valence-electron chi connectivity index (χ0n) is 18.0. The number of hydrogen-bond donors (Lipinski definition) is 3. The van der Waals surface area contributed by atoms with E-state index in [0.29, 0.717) is 24.2 Å². The van der Waals surface area contributed by atoms with Crippen LogP contribution in [-0.2, 0) is 20.7 Å². The van der Waals surface area contributed by atoms with Crippen molar-refractivity contribution in [1.82, 2.24) is 5.32 Å². The Morgan fingerprint density at radius 2 is 1.52 bits per heavy atom. The normalized spacial score (nSPS) is 10.8. The Kier molecular flexibility index (Phi) is 9.05. The van der Waals surface area contributed by atoms with Gasteiger partial charge in [-0.05, 0) is 63.1 Å². The van der Waals surface area contributed by atoms with E-state index in [-0.39, 0.29) is 24.8 Å². The lowest BCUT2D eigenvalue weighted by atomic mass is 10.1. The van der Waals surface area contributed by atoms with Gasteiger partial charge in [-0.25, -0.2) is 4.79 Å². The van der Waals surface area contributed by atoms with Gasteiger partial charge in [0.25, 0.3) is 0 Å². The van der Waals surface area contributed by atoms with E-state index in [4.69, 9.17) is 4.74 Å². The molecule has 0 unspecified atom stereocenters. The maximum Gasteiger partial charge on any atom is 0.407 e. The van der Waals surface area contributed by atoms with Crippen molar-refractivity contribution in [1.29, 1.82) is 0 Å². The van der Waals surface area contributed by atoms with Crippen molar-refractivity contribution < 1.29 is 19.1 Å². The Labute approximate surface area is 191 Å². The molecule has 0 aliphatic heterocycles. The van der Waals surface area contributed by atoms with Crippen molar-refractivity contribution in [2.75, 3.05) is 17.2 Å². The molecular weight excluding hydrogens is 462 g/mol. The Balaban J connectivity index is 1.77. The fraction of sp³-hybridized carbons (Fsp3) is 0.348. The van der Waals surface area contributed by atoms with Crippen molar-refractivity contribution in [2.45, 2.75) is 45.6 Å². The lowest BCUT2D eigenvalue weighted by molar-refractivity contribution is -0.116. The van der Waals surface area contributed by atoms with Gasteiger partial charge in [0.05, 0.1) is 0 Å². The summed E-state index contributed by atoms with van der Waals surface area (Å²) in [5.74, 6) is -0.362. The van der Waals surface area contributed by atoms with Crippen LogP contribution in [0, 0.1) is 0 Å². The molecule has 3 N–H and O–H groups in total. The Morgan fingerprint density at radius 1 is 0.903 bits per heavy atom. The third-order valence-electron chi connectivity index (χ3n) is 3.98. The first-order chi connectivity index (χ1) is 14.6. The maximum atomic E-state index is 12.2. The number of nitrogens with one attached hydrogen (secondary N) is 3. The minimum absolute atomic E-state index is 0.0997. The van der Waals surface area contributed by atoms with Gasteiger partial charge in [0.15, 0.2) is 0 Å². The number of anilines is 2. The average molecular weight is 490 g/mol. The molecule has 2 aromatic rings. The van der Waals surface area contributed by atoms with Gasteiger partial charge in [0.1, 0.15) is 5.60 Å². The second-order valence-electron chi connectivity index (χ2n) is 7.99. The van der Waals surface area contributed by atoms with E-state index in [1.165, 1.54) is 0 Å². The lowest BCUT2D eigenvalue weighted by Gasteiger charge is -2.19. The second kappa shape index (κ2) is 11.5.